The molecular weight excluding hydrogens is 282 g/mol. The van der Waals surface area contributed by atoms with E-state index in [0.717, 1.165) is 24.0 Å². The maximum atomic E-state index is 10.7. The van der Waals surface area contributed by atoms with E-state index < -0.39 is 0 Å². The molecular formula is C21H28NO+. The minimum absolute atomic E-state index is 0.374. The molecule has 1 heterocycles. The van der Waals surface area contributed by atoms with Crippen LogP contribution in [0.1, 0.15) is 37.4 Å². The first-order chi connectivity index (χ1) is 11.2. The van der Waals surface area contributed by atoms with Gasteiger partial charge in [0.1, 0.15) is 0 Å². The van der Waals surface area contributed by atoms with E-state index in [2.05, 4.69) is 49.5 Å². The van der Waals surface area contributed by atoms with Crippen molar-refractivity contribution in [2.75, 3.05) is 26.7 Å². The summed E-state index contributed by atoms with van der Waals surface area (Å²) in [5.41, 5.74) is 3.39. The fraction of sp³-hybridized carbons (Fsp3) is 0.429. The second-order valence-corrected chi connectivity index (χ2v) is 7.11. The van der Waals surface area contributed by atoms with Crippen LogP contribution in [0.2, 0.25) is 0 Å². The molecule has 0 aliphatic carbocycles. The molecule has 3 rings (SSSR count). The standard InChI is InChI=1S/C21H28NO/c1-22(15-7-8-16-22)17-9-14-21(23)20-13-6-5-12-19(20)18-10-3-2-4-11-18/h2-6,10-13,21,23H,7-9,14-17H2,1H3/q+1. The number of hydrogen-bond acceptors (Lipinski definition) is 1. The fourth-order valence-electron chi connectivity index (χ4n) is 3.81. The third kappa shape index (κ3) is 4.01. The molecule has 1 unspecified atom stereocenters. The van der Waals surface area contributed by atoms with Crippen LogP contribution in [0.25, 0.3) is 11.1 Å². The Hall–Kier alpha value is -1.64. The number of aliphatic hydroxyl groups excluding tert-OH is 1. The van der Waals surface area contributed by atoms with Gasteiger partial charge in [0.05, 0.1) is 32.8 Å². The molecule has 1 saturated heterocycles. The number of hydrogen-bond donors (Lipinski definition) is 1. The predicted octanol–water partition coefficient (Wildman–Crippen LogP) is 4.41. The van der Waals surface area contributed by atoms with Gasteiger partial charge in [-0.3, -0.25) is 0 Å². The number of benzene rings is 2. The molecule has 0 bridgehead atoms. The molecule has 0 spiro atoms. The first-order valence-corrected chi connectivity index (χ1v) is 8.84. The lowest BCUT2D eigenvalue weighted by Gasteiger charge is -2.29. The average Bonchev–Trinajstić information content (AvgIpc) is 3.02. The van der Waals surface area contributed by atoms with Crippen molar-refractivity contribution in [1.29, 1.82) is 0 Å². The summed E-state index contributed by atoms with van der Waals surface area (Å²) in [6, 6.07) is 18.6. The number of rotatable bonds is 6. The van der Waals surface area contributed by atoms with Crippen molar-refractivity contribution in [2.45, 2.75) is 31.8 Å². The van der Waals surface area contributed by atoms with Gasteiger partial charge in [-0.25, -0.2) is 0 Å². The second kappa shape index (κ2) is 7.29. The zero-order chi connectivity index (χ0) is 16.1. The quantitative estimate of drug-likeness (QED) is 0.784. The minimum atomic E-state index is -0.374. The van der Waals surface area contributed by atoms with Crippen molar-refractivity contribution in [3.8, 4) is 11.1 Å². The summed E-state index contributed by atoms with van der Waals surface area (Å²) in [5.74, 6) is 0. The van der Waals surface area contributed by atoms with E-state index in [1.807, 2.05) is 12.1 Å². The highest BCUT2D eigenvalue weighted by atomic mass is 16.3. The van der Waals surface area contributed by atoms with Crippen molar-refractivity contribution >= 4 is 0 Å². The largest absolute Gasteiger partial charge is 0.388 e. The van der Waals surface area contributed by atoms with Crippen molar-refractivity contribution in [2.24, 2.45) is 0 Å². The Labute approximate surface area is 140 Å². The summed E-state index contributed by atoms with van der Waals surface area (Å²) in [6.07, 6.45) is 4.27. The molecule has 0 amide bonds. The third-order valence-electron chi connectivity index (χ3n) is 5.23. The molecule has 23 heavy (non-hydrogen) atoms. The van der Waals surface area contributed by atoms with Crippen molar-refractivity contribution in [3.63, 3.8) is 0 Å². The smallest absolute Gasteiger partial charge is 0.0798 e. The normalized spacial score (nSPS) is 18.0. The highest BCUT2D eigenvalue weighted by Crippen LogP contribution is 2.30. The summed E-state index contributed by atoms with van der Waals surface area (Å²) in [7, 11) is 2.36. The van der Waals surface area contributed by atoms with Crippen LogP contribution < -0.4 is 0 Å². The van der Waals surface area contributed by atoms with Gasteiger partial charge >= 0.3 is 0 Å². The highest BCUT2D eigenvalue weighted by Gasteiger charge is 2.26. The van der Waals surface area contributed by atoms with E-state index in [1.54, 1.807) is 0 Å². The van der Waals surface area contributed by atoms with E-state index in [4.69, 9.17) is 0 Å². The first-order valence-electron chi connectivity index (χ1n) is 8.84. The van der Waals surface area contributed by atoms with Crippen molar-refractivity contribution < 1.29 is 9.59 Å². The van der Waals surface area contributed by atoms with Crippen LogP contribution in [0.3, 0.4) is 0 Å². The number of nitrogens with zero attached hydrogens (tertiary/aromatic N) is 1. The molecule has 1 fully saturated rings. The molecule has 1 aliphatic heterocycles. The summed E-state index contributed by atoms with van der Waals surface area (Å²) < 4.78 is 1.19. The molecule has 2 aromatic carbocycles. The maximum absolute atomic E-state index is 10.7. The molecule has 1 atom stereocenters. The Morgan fingerprint density at radius 2 is 1.61 bits per heavy atom. The zero-order valence-corrected chi connectivity index (χ0v) is 14.1. The van der Waals surface area contributed by atoms with Gasteiger partial charge in [0, 0.05) is 12.8 Å². The van der Waals surface area contributed by atoms with Crippen LogP contribution >= 0.6 is 0 Å². The lowest BCUT2D eigenvalue weighted by atomic mass is 9.94. The SMILES string of the molecule is C[N+]1(CCCC(O)c2ccccc2-c2ccccc2)CCCC1. The van der Waals surface area contributed by atoms with E-state index >= 15 is 0 Å². The molecule has 2 heteroatoms. The fourth-order valence-corrected chi connectivity index (χ4v) is 3.81. The molecule has 0 radical (unpaired) electrons. The predicted molar refractivity (Wildman–Crippen MR) is 96.1 cm³/mol. The molecule has 0 aromatic heterocycles. The van der Waals surface area contributed by atoms with Gasteiger partial charge < -0.3 is 9.59 Å². The summed E-state index contributed by atoms with van der Waals surface area (Å²) in [4.78, 5) is 0. The molecule has 2 aromatic rings. The number of aliphatic hydroxyl groups is 1. The van der Waals surface area contributed by atoms with Gasteiger partial charge in [0.15, 0.2) is 0 Å². The van der Waals surface area contributed by atoms with Crippen molar-refractivity contribution in [3.05, 3.63) is 60.2 Å². The first kappa shape index (κ1) is 16.2. The lowest BCUT2D eigenvalue weighted by molar-refractivity contribution is -0.897. The van der Waals surface area contributed by atoms with Crippen LogP contribution in [0.5, 0.6) is 0 Å². The average molecular weight is 310 g/mol. The Kier molecular flexibility index (Phi) is 5.14. The van der Waals surface area contributed by atoms with E-state index in [9.17, 15) is 5.11 Å². The monoisotopic (exact) mass is 310 g/mol. The van der Waals surface area contributed by atoms with Gasteiger partial charge in [-0.1, -0.05) is 54.6 Å². The second-order valence-electron chi connectivity index (χ2n) is 7.11. The van der Waals surface area contributed by atoms with E-state index in [1.165, 1.54) is 42.5 Å². The van der Waals surface area contributed by atoms with Crippen molar-refractivity contribution in [1.82, 2.24) is 0 Å². The molecule has 2 nitrogen and oxygen atoms in total. The zero-order valence-electron chi connectivity index (χ0n) is 14.1. The summed E-state index contributed by atoms with van der Waals surface area (Å²) in [5, 5.41) is 10.7. The van der Waals surface area contributed by atoms with Crippen LogP contribution in [-0.4, -0.2) is 36.3 Å². The minimum Gasteiger partial charge on any atom is -0.388 e. The van der Waals surface area contributed by atoms with Crippen LogP contribution in [-0.2, 0) is 0 Å². The van der Waals surface area contributed by atoms with Gasteiger partial charge in [-0.15, -0.1) is 0 Å². The Morgan fingerprint density at radius 1 is 0.957 bits per heavy atom. The number of likely N-dealkylation sites (tertiary alicyclic amines) is 1. The lowest BCUT2D eigenvalue weighted by Crippen LogP contribution is -2.41. The van der Waals surface area contributed by atoms with Crippen LogP contribution in [0.15, 0.2) is 54.6 Å². The van der Waals surface area contributed by atoms with Gasteiger partial charge in [0.2, 0.25) is 0 Å². The van der Waals surface area contributed by atoms with Crippen LogP contribution in [0.4, 0.5) is 0 Å². The van der Waals surface area contributed by atoms with Gasteiger partial charge in [-0.2, -0.15) is 0 Å². The maximum Gasteiger partial charge on any atom is 0.0798 e. The Morgan fingerprint density at radius 3 is 2.35 bits per heavy atom. The molecule has 0 saturated carbocycles. The number of quaternary nitrogens is 1. The Bertz CT molecular complexity index is 617. The topological polar surface area (TPSA) is 20.2 Å². The summed E-state index contributed by atoms with van der Waals surface area (Å²) in [6.45, 7) is 3.79. The van der Waals surface area contributed by atoms with Gasteiger partial charge in [-0.05, 0) is 29.5 Å². The third-order valence-corrected chi connectivity index (χ3v) is 5.23. The van der Waals surface area contributed by atoms with E-state index in [-0.39, 0.29) is 6.10 Å². The molecule has 1 aliphatic rings. The van der Waals surface area contributed by atoms with E-state index in [0.29, 0.717) is 0 Å². The van der Waals surface area contributed by atoms with Crippen LogP contribution in [0, 0.1) is 0 Å². The van der Waals surface area contributed by atoms with Gasteiger partial charge in [0.25, 0.3) is 0 Å². The Balaban J connectivity index is 1.67. The summed E-state index contributed by atoms with van der Waals surface area (Å²) >= 11 is 0. The molecule has 1 N–H and O–H groups in total. The highest BCUT2D eigenvalue weighted by molar-refractivity contribution is 5.67. The molecule has 122 valence electrons.